The van der Waals surface area contributed by atoms with Gasteiger partial charge in [-0.3, -0.25) is 14.5 Å². The summed E-state index contributed by atoms with van der Waals surface area (Å²) in [6.07, 6.45) is 4.27. The van der Waals surface area contributed by atoms with E-state index in [4.69, 9.17) is 4.74 Å². The molecule has 0 saturated heterocycles. The maximum absolute atomic E-state index is 13.0. The van der Waals surface area contributed by atoms with Crippen molar-refractivity contribution in [1.29, 1.82) is 0 Å². The van der Waals surface area contributed by atoms with E-state index in [9.17, 15) is 13.2 Å². The number of anilines is 2. The van der Waals surface area contributed by atoms with Gasteiger partial charge in [-0.2, -0.15) is 10.1 Å². The molecule has 0 spiro atoms. The van der Waals surface area contributed by atoms with E-state index in [1.54, 1.807) is 19.1 Å². The van der Waals surface area contributed by atoms with Crippen LogP contribution < -0.4 is 14.5 Å². The van der Waals surface area contributed by atoms with Crippen LogP contribution in [0.3, 0.4) is 0 Å². The standard InChI is InChI=1S/C24H24N6O4S/c1-15-5-8-19(13-16(15)2)30-24(31)21(17(3)28-30)14-27-18-6-9-20(10-7-18)35(32,33)29-22-23(34-4)26-12-11-25-22/h5-14,21H,1-4H3,(H,25,29). The van der Waals surface area contributed by atoms with Crippen LogP contribution in [0.2, 0.25) is 0 Å². The van der Waals surface area contributed by atoms with Gasteiger partial charge < -0.3 is 4.74 Å². The topological polar surface area (TPSA) is 126 Å². The number of aryl methyl sites for hydroxylation is 2. The molecule has 1 atom stereocenters. The maximum Gasteiger partial charge on any atom is 0.263 e. The number of ether oxygens (including phenoxy) is 1. The zero-order valence-corrected chi connectivity index (χ0v) is 20.4. The van der Waals surface area contributed by atoms with Crippen LogP contribution >= 0.6 is 0 Å². The number of carbonyl (C=O) groups is 1. The molecule has 1 amide bonds. The van der Waals surface area contributed by atoms with Crippen LogP contribution in [0, 0.1) is 19.8 Å². The lowest BCUT2D eigenvalue weighted by Crippen LogP contribution is -2.28. The first kappa shape index (κ1) is 24.0. The molecule has 180 valence electrons. The van der Waals surface area contributed by atoms with Gasteiger partial charge in [-0.15, -0.1) is 0 Å². The Hall–Kier alpha value is -4.12. The van der Waals surface area contributed by atoms with E-state index >= 15 is 0 Å². The average molecular weight is 493 g/mol. The molecule has 0 fully saturated rings. The molecule has 10 nitrogen and oxygen atoms in total. The zero-order valence-electron chi connectivity index (χ0n) is 19.6. The highest BCUT2D eigenvalue weighted by Crippen LogP contribution is 2.26. The van der Waals surface area contributed by atoms with Crippen LogP contribution in [-0.2, 0) is 14.8 Å². The monoisotopic (exact) mass is 492 g/mol. The van der Waals surface area contributed by atoms with Crippen molar-refractivity contribution in [2.45, 2.75) is 25.7 Å². The Labute approximate surface area is 203 Å². The van der Waals surface area contributed by atoms with Gasteiger partial charge in [0.05, 0.1) is 29.1 Å². The summed E-state index contributed by atoms with van der Waals surface area (Å²) < 4.78 is 32.8. The second kappa shape index (κ2) is 9.63. The lowest BCUT2D eigenvalue weighted by atomic mass is 10.1. The Bertz CT molecular complexity index is 1430. The molecule has 1 aliphatic rings. The van der Waals surface area contributed by atoms with Gasteiger partial charge in [-0.25, -0.2) is 18.4 Å². The number of hydrogen-bond donors (Lipinski definition) is 1. The predicted octanol–water partition coefficient (Wildman–Crippen LogP) is 3.64. The number of hydrogen-bond acceptors (Lipinski definition) is 8. The van der Waals surface area contributed by atoms with Gasteiger partial charge in [-0.1, -0.05) is 6.07 Å². The highest BCUT2D eigenvalue weighted by Gasteiger charge is 2.33. The summed E-state index contributed by atoms with van der Waals surface area (Å²) in [4.78, 5) is 25.2. The molecule has 35 heavy (non-hydrogen) atoms. The zero-order chi connectivity index (χ0) is 25.2. The average Bonchev–Trinajstić information content (AvgIpc) is 3.13. The molecule has 2 aromatic carbocycles. The fourth-order valence-electron chi connectivity index (χ4n) is 3.40. The van der Waals surface area contributed by atoms with Crippen LogP contribution in [0.15, 0.2) is 69.8 Å². The number of nitrogens with one attached hydrogen (secondary N) is 1. The SMILES string of the molecule is COc1nccnc1NS(=O)(=O)c1ccc(N=CC2C(=O)N(c3ccc(C)c(C)c3)N=C2C)cc1. The van der Waals surface area contributed by atoms with Crippen molar-refractivity contribution in [3.8, 4) is 5.88 Å². The van der Waals surface area contributed by atoms with Crippen LogP contribution in [0.4, 0.5) is 17.2 Å². The van der Waals surface area contributed by atoms with E-state index < -0.39 is 15.9 Å². The van der Waals surface area contributed by atoms with Crippen LogP contribution in [0.1, 0.15) is 18.1 Å². The number of methoxy groups -OCH3 is 1. The van der Waals surface area contributed by atoms with Gasteiger partial charge in [0, 0.05) is 18.6 Å². The van der Waals surface area contributed by atoms with Crippen molar-refractivity contribution in [2.24, 2.45) is 16.0 Å². The van der Waals surface area contributed by atoms with E-state index in [0.29, 0.717) is 17.1 Å². The lowest BCUT2D eigenvalue weighted by molar-refractivity contribution is -0.118. The van der Waals surface area contributed by atoms with E-state index in [1.165, 1.54) is 42.9 Å². The molecule has 0 radical (unpaired) electrons. The third-order valence-corrected chi connectivity index (χ3v) is 6.88. The Kier molecular flexibility index (Phi) is 6.61. The highest BCUT2D eigenvalue weighted by atomic mass is 32.2. The number of amides is 1. The Morgan fingerprint density at radius 1 is 1.03 bits per heavy atom. The van der Waals surface area contributed by atoms with E-state index in [1.807, 2.05) is 32.0 Å². The number of carbonyl (C=O) groups excluding carboxylic acids is 1. The van der Waals surface area contributed by atoms with Crippen molar-refractivity contribution in [1.82, 2.24) is 9.97 Å². The second-order valence-corrected chi connectivity index (χ2v) is 9.61. The Morgan fingerprint density at radius 2 is 1.74 bits per heavy atom. The number of benzene rings is 2. The van der Waals surface area contributed by atoms with Crippen LogP contribution in [0.5, 0.6) is 5.88 Å². The number of sulfonamides is 1. The number of aromatic nitrogens is 2. The van der Waals surface area contributed by atoms with Crippen molar-refractivity contribution >= 4 is 45.0 Å². The summed E-state index contributed by atoms with van der Waals surface area (Å²) in [6.45, 7) is 5.77. The quantitative estimate of drug-likeness (QED) is 0.502. The van der Waals surface area contributed by atoms with Crippen LogP contribution in [-0.4, -0.2) is 43.3 Å². The summed E-state index contributed by atoms with van der Waals surface area (Å²) in [6, 6.07) is 11.7. The second-order valence-electron chi connectivity index (χ2n) is 7.93. The Morgan fingerprint density at radius 3 is 2.43 bits per heavy atom. The molecule has 1 N–H and O–H groups in total. The Balaban J connectivity index is 1.48. The number of aliphatic imine (C=N–C) groups is 1. The van der Waals surface area contributed by atoms with Crippen LogP contribution in [0.25, 0.3) is 0 Å². The van der Waals surface area contributed by atoms with Gasteiger partial charge in [0.25, 0.3) is 21.8 Å². The molecule has 0 bridgehead atoms. The largest absolute Gasteiger partial charge is 0.478 e. The van der Waals surface area contributed by atoms with E-state index in [-0.39, 0.29) is 22.5 Å². The van der Waals surface area contributed by atoms with Crippen molar-refractivity contribution in [2.75, 3.05) is 16.8 Å². The first-order valence-electron chi connectivity index (χ1n) is 10.7. The molecule has 2 heterocycles. The predicted molar refractivity (Wildman–Crippen MR) is 134 cm³/mol. The summed E-state index contributed by atoms with van der Waals surface area (Å²) in [5.74, 6) is -0.757. The summed E-state index contributed by atoms with van der Waals surface area (Å²) in [5, 5.41) is 5.79. The van der Waals surface area contributed by atoms with Gasteiger partial charge >= 0.3 is 0 Å². The fourth-order valence-corrected chi connectivity index (χ4v) is 4.40. The van der Waals surface area contributed by atoms with Gasteiger partial charge in [0.1, 0.15) is 5.92 Å². The number of nitrogens with zero attached hydrogens (tertiary/aromatic N) is 5. The van der Waals surface area contributed by atoms with E-state index in [0.717, 1.165) is 11.1 Å². The molecule has 4 rings (SSSR count). The summed E-state index contributed by atoms with van der Waals surface area (Å²) in [5.41, 5.74) is 4.03. The molecular weight excluding hydrogens is 468 g/mol. The molecule has 0 saturated carbocycles. The highest BCUT2D eigenvalue weighted by molar-refractivity contribution is 7.92. The summed E-state index contributed by atoms with van der Waals surface area (Å²) >= 11 is 0. The third-order valence-electron chi connectivity index (χ3n) is 5.53. The van der Waals surface area contributed by atoms with Crippen molar-refractivity contribution in [3.05, 3.63) is 66.0 Å². The van der Waals surface area contributed by atoms with Gasteiger partial charge in [0.2, 0.25) is 5.82 Å². The molecule has 1 aliphatic heterocycles. The number of rotatable bonds is 7. The maximum atomic E-state index is 13.0. The summed E-state index contributed by atoms with van der Waals surface area (Å²) in [7, 11) is -2.55. The minimum Gasteiger partial charge on any atom is -0.478 e. The minimum atomic E-state index is -3.92. The van der Waals surface area contributed by atoms with Gasteiger partial charge in [0.15, 0.2) is 0 Å². The molecule has 3 aromatic rings. The first-order valence-corrected chi connectivity index (χ1v) is 12.2. The fraction of sp³-hybridized carbons (Fsp3) is 0.208. The van der Waals surface area contributed by atoms with Crippen molar-refractivity contribution < 1.29 is 17.9 Å². The molecule has 0 aliphatic carbocycles. The van der Waals surface area contributed by atoms with Crippen molar-refractivity contribution in [3.63, 3.8) is 0 Å². The lowest BCUT2D eigenvalue weighted by Gasteiger charge is -2.14. The first-order chi connectivity index (χ1) is 16.7. The van der Waals surface area contributed by atoms with Gasteiger partial charge in [-0.05, 0) is 68.3 Å². The molecule has 1 unspecified atom stereocenters. The smallest absolute Gasteiger partial charge is 0.263 e. The molecular formula is C24H24N6O4S. The number of hydrazone groups is 1. The third kappa shape index (κ3) is 5.04. The molecule has 1 aromatic heterocycles. The molecule has 11 heteroatoms. The van der Waals surface area contributed by atoms with E-state index in [2.05, 4.69) is 24.8 Å². The normalized spacial score (nSPS) is 16.0. The minimum absolute atomic E-state index is 0.0137.